The Morgan fingerprint density at radius 2 is 1.91 bits per heavy atom. The number of aromatic nitrogens is 3. The highest BCUT2D eigenvalue weighted by atomic mass is 16.7. The number of nitrogens with zero attached hydrogens (tertiary/aromatic N) is 3. The van der Waals surface area contributed by atoms with Gasteiger partial charge in [-0.3, -0.25) is 0 Å². The molecule has 3 aromatic rings. The second-order valence-electron chi connectivity index (χ2n) is 5.57. The Balaban J connectivity index is 2.01. The third kappa shape index (κ3) is 2.87. The van der Waals surface area contributed by atoms with Gasteiger partial charge in [-0.15, -0.1) is 0 Å². The molecule has 6 nitrogen and oxygen atoms in total. The Hall–Kier alpha value is -2.18. The number of nitrogen functional groups attached to an aromatic ring is 1. The van der Waals surface area contributed by atoms with Gasteiger partial charge in [0.15, 0.2) is 12.1 Å². The fraction of sp³-hybridized carbons (Fsp3) is 0.412. The van der Waals surface area contributed by atoms with Crippen LogP contribution in [0.1, 0.15) is 18.7 Å². The van der Waals surface area contributed by atoms with Crippen LogP contribution in [-0.2, 0) is 16.0 Å². The fourth-order valence-electron chi connectivity index (χ4n) is 2.99. The molecule has 0 fully saturated rings. The van der Waals surface area contributed by atoms with Crippen LogP contribution in [0, 0.1) is 6.92 Å². The van der Waals surface area contributed by atoms with E-state index in [0.717, 1.165) is 47.1 Å². The van der Waals surface area contributed by atoms with E-state index < -0.39 is 0 Å². The maximum atomic E-state index is 6.10. The van der Waals surface area contributed by atoms with Crippen LogP contribution in [0.3, 0.4) is 0 Å². The van der Waals surface area contributed by atoms with Crippen molar-refractivity contribution in [1.82, 2.24) is 14.5 Å². The standard InChI is InChI=1S/C17H22N4O2/c1-11-19-15-16(21(11)10-6-9-14(22-2)23-3)12-7-4-5-8-13(12)20-17(15)18/h4-5,7-8,14H,6,9-10H2,1-3H3,(H2,18,20). The summed E-state index contributed by atoms with van der Waals surface area (Å²) in [6.45, 7) is 2.83. The van der Waals surface area contributed by atoms with Gasteiger partial charge in [0.05, 0.1) is 11.0 Å². The number of fused-ring (bicyclic) bond motifs is 3. The van der Waals surface area contributed by atoms with Gasteiger partial charge in [-0.1, -0.05) is 18.2 Å². The largest absolute Gasteiger partial charge is 0.382 e. The van der Waals surface area contributed by atoms with Crippen LogP contribution in [0.4, 0.5) is 5.82 Å². The van der Waals surface area contributed by atoms with E-state index in [2.05, 4.69) is 20.6 Å². The second-order valence-corrected chi connectivity index (χ2v) is 5.57. The summed E-state index contributed by atoms with van der Waals surface area (Å²) in [6, 6.07) is 8.02. The van der Waals surface area contributed by atoms with Gasteiger partial charge in [-0.25, -0.2) is 9.97 Å². The quantitative estimate of drug-likeness (QED) is 0.708. The molecule has 0 amide bonds. The zero-order chi connectivity index (χ0) is 16.4. The third-order valence-corrected chi connectivity index (χ3v) is 4.15. The van der Waals surface area contributed by atoms with Crippen molar-refractivity contribution in [3.63, 3.8) is 0 Å². The topological polar surface area (TPSA) is 75.2 Å². The Kier molecular flexibility index (Phi) is 4.45. The molecule has 0 unspecified atom stereocenters. The molecule has 6 heteroatoms. The van der Waals surface area contributed by atoms with Crippen molar-refractivity contribution in [2.75, 3.05) is 20.0 Å². The van der Waals surface area contributed by atoms with Gasteiger partial charge in [0, 0.05) is 32.6 Å². The number of nitrogens with two attached hydrogens (primary N) is 1. The van der Waals surface area contributed by atoms with Crippen LogP contribution >= 0.6 is 0 Å². The number of ether oxygens (including phenoxy) is 2. The molecule has 0 atom stereocenters. The average Bonchev–Trinajstić information content (AvgIpc) is 2.89. The molecule has 0 spiro atoms. The van der Waals surface area contributed by atoms with Crippen molar-refractivity contribution in [3.8, 4) is 0 Å². The number of pyridine rings is 1. The molecule has 23 heavy (non-hydrogen) atoms. The van der Waals surface area contributed by atoms with Gasteiger partial charge in [-0.2, -0.15) is 0 Å². The number of hydrogen-bond acceptors (Lipinski definition) is 5. The summed E-state index contributed by atoms with van der Waals surface area (Å²) in [5.41, 5.74) is 8.82. The number of para-hydroxylation sites is 1. The fourth-order valence-corrected chi connectivity index (χ4v) is 2.99. The van der Waals surface area contributed by atoms with Gasteiger partial charge in [0.2, 0.25) is 0 Å². The van der Waals surface area contributed by atoms with E-state index in [4.69, 9.17) is 15.2 Å². The smallest absolute Gasteiger partial charge is 0.156 e. The Bertz CT molecular complexity index is 824. The molecule has 0 saturated heterocycles. The first-order valence-corrected chi connectivity index (χ1v) is 7.72. The van der Waals surface area contributed by atoms with Crippen molar-refractivity contribution in [2.45, 2.75) is 32.6 Å². The number of imidazole rings is 1. The highest BCUT2D eigenvalue weighted by molar-refractivity contribution is 6.06. The number of anilines is 1. The number of hydrogen-bond donors (Lipinski definition) is 1. The van der Waals surface area contributed by atoms with Gasteiger partial charge < -0.3 is 19.8 Å². The van der Waals surface area contributed by atoms with Crippen LogP contribution in [0.15, 0.2) is 24.3 Å². The van der Waals surface area contributed by atoms with E-state index >= 15 is 0 Å². The normalized spacial score (nSPS) is 11.8. The number of benzene rings is 1. The predicted octanol–water partition coefficient (Wildman–Crippen LogP) is 2.87. The maximum Gasteiger partial charge on any atom is 0.156 e. The van der Waals surface area contributed by atoms with E-state index in [1.54, 1.807) is 14.2 Å². The van der Waals surface area contributed by atoms with Crippen LogP contribution in [0.25, 0.3) is 21.9 Å². The predicted molar refractivity (Wildman–Crippen MR) is 91.2 cm³/mol. The number of aryl methyl sites for hydroxylation is 2. The van der Waals surface area contributed by atoms with E-state index in [1.807, 2.05) is 25.1 Å². The van der Waals surface area contributed by atoms with Crippen molar-refractivity contribution in [2.24, 2.45) is 0 Å². The molecule has 2 N–H and O–H groups in total. The summed E-state index contributed by atoms with van der Waals surface area (Å²) in [4.78, 5) is 9.07. The SMILES string of the molecule is COC(CCCn1c(C)nc2c(N)nc3ccccc3c21)OC. The van der Waals surface area contributed by atoms with E-state index in [1.165, 1.54) is 0 Å². The average molecular weight is 314 g/mol. The lowest BCUT2D eigenvalue weighted by molar-refractivity contribution is -0.107. The third-order valence-electron chi connectivity index (χ3n) is 4.15. The minimum Gasteiger partial charge on any atom is -0.382 e. The molecule has 0 saturated carbocycles. The Morgan fingerprint density at radius 3 is 2.65 bits per heavy atom. The molecule has 1 aromatic carbocycles. The lowest BCUT2D eigenvalue weighted by atomic mass is 10.2. The van der Waals surface area contributed by atoms with Crippen molar-refractivity contribution >= 4 is 27.8 Å². The summed E-state index contributed by atoms with van der Waals surface area (Å²) in [5.74, 6) is 1.42. The number of methoxy groups -OCH3 is 2. The molecular weight excluding hydrogens is 292 g/mol. The van der Waals surface area contributed by atoms with Crippen LogP contribution < -0.4 is 5.73 Å². The highest BCUT2D eigenvalue weighted by Gasteiger charge is 2.15. The van der Waals surface area contributed by atoms with Gasteiger partial charge in [0.25, 0.3) is 0 Å². The minimum atomic E-state index is -0.173. The molecule has 0 aliphatic rings. The van der Waals surface area contributed by atoms with Crippen molar-refractivity contribution < 1.29 is 9.47 Å². The second kappa shape index (κ2) is 6.52. The molecular formula is C17H22N4O2. The van der Waals surface area contributed by atoms with Gasteiger partial charge >= 0.3 is 0 Å². The van der Waals surface area contributed by atoms with Crippen molar-refractivity contribution in [3.05, 3.63) is 30.1 Å². The molecule has 0 bridgehead atoms. The first kappa shape index (κ1) is 15.7. The highest BCUT2D eigenvalue weighted by Crippen LogP contribution is 2.28. The summed E-state index contributed by atoms with van der Waals surface area (Å²) in [6.07, 6.45) is 1.58. The molecule has 2 aromatic heterocycles. The molecule has 0 radical (unpaired) electrons. The maximum absolute atomic E-state index is 6.10. The van der Waals surface area contributed by atoms with E-state index in [9.17, 15) is 0 Å². The molecule has 0 aliphatic carbocycles. The molecule has 122 valence electrons. The van der Waals surface area contributed by atoms with Gasteiger partial charge in [-0.05, 0) is 19.4 Å². The zero-order valence-corrected chi connectivity index (χ0v) is 13.7. The van der Waals surface area contributed by atoms with Crippen LogP contribution in [0.2, 0.25) is 0 Å². The monoisotopic (exact) mass is 314 g/mol. The first-order valence-electron chi connectivity index (χ1n) is 7.72. The first-order chi connectivity index (χ1) is 11.2. The van der Waals surface area contributed by atoms with Crippen LogP contribution in [-0.4, -0.2) is 35.0 Å². The summed E-state index contributed by atoms with van der Waals surface area (Å²) >= 11 is 0. The van der Waals surface area contributed by atoms with E-state index in [-0.39, 0.29) is 6.29 Å². The molecule has 3 rings (SSSR count). The Morgan fingerprint density at radius 1 is 1.17 bits per heavy atom. The summed E-state index contributed by atoms with van der Waals surface area (Å²) in [7, 11) is 3.32. The molecule has 0 aliphatic heterocycles. The minimum absolute atomic E-state index is 0.173. The summed E-state index contributed by atoms with van der Waals surface area (Å²) in [5, 5.41) is 1.08. The van der Waals surface area contributed by atoms with Crippen molar-refractivity contribution in [1.29, 1.82) is 0 Å². The Labute approximate surface area is 135 Å². The lowest BCUT2D eigenvalue weighted by Crippen LogP contribution is -2.14. The number of rotatable bonds is 6. The lowest BCUT2D eigenvalue weighted by Gasteiger charge is -2.14. The molecule has 2 heterocycles. The van der Waals surface area contributed by atoms with Gasteiger partial charge in [0.1, 0.15) is 11.3 Å². The zero-order valence-electron chi connectivity index (χ0n) is 13.7. The van der Waals surface area contributed by atoms with E-state index in [0.29, 0.717) is 5.82 Å². The summed E-state index contributed by atoms with van der Waals surface area (Å²) < 4.78 is 12.7. The van der Waals surface area contributed by atoms with Crippen LogP contribution in [0.5, 0.6) is 0 Å².